The van der Waals surface area contributed by atoms with Crippen LogP contribution in [-0.4, -0.2) is 46.4 Å². The maximum atomic E-state index is 12.5. The second-order valence-electron chi connectivity index (χ2n) is 6.44. The van der Waals surface area contributed by atoms with E-state index in [1.54, 1.807) is 48.5 Å². The Morgan fingerprint density at radius 1 is 0.867 bits per heavy atom. The molecule has 0 saturated carbocycles. The molecule has 0 fully saturated rings. The van der Waals surface area contributed by atoms with Crippen molar-refractivity contribution in [1.29, 1.82) is 0 Å². The number of hydrogen-bond acceptors (Lipinski definition) is 7. The summed E-state index contributed by atoms with van der Waals surface area (Å²) >= 11 is 0. The quantitative estimate of drug-likeness (QED) is 0.388. The number of carbonyl (C=O) groups excluding carboxylic acids is 2. The van der Waals surface area contributed by atoms with E-state index in [4.69, 9.17) is 14.6 Å². The van der Waals surface area contributed by atoms with E-state index < -0.39 is 18.7 Å². The van der Waals surface area contributed by atoms with Gasteiger partial charge in [0, 0.05) is 11.6 Å². The molecule has 7 nitrogen and oxygen atoms in total. The summed E-state index contributed by atoms with van der Waals surface area (Å²) in [7, 11) is 0. The first-order valence-electron chi connectivity index (χ1n) is 9.14. The lowest BCUT2D eigenvalue weighted by molar-refractivity contribution is 0.00933. The predicted molar refractivity (Wildman–Crippen MR) is 108 cm³/mol. The Bertz CT molecular complexity index is 1010. The van der Waals surface area contributed by atoms with Gasteiger partial charge >= 0.3 is 5.97 Å². The van der Waals surface area contributed by atoms with Gasteiger partial charge in [0.25, 0.3) is 0 Å². The molecule has 3 aromatic rings. The third-order valence-corrected chi connectivity index (χ3v) is 4.19. The van der Waals surface area contributed by atoms with E-state index in [9.17, 15) is 19.8 Å². The molecule has 1 atom stereocenters. The first kappa shape index (κ1) is 21.0. The summed E-state index contributed by atoms with van der Waals surface area (Å²) in [5.74, 6) is -0.421. The lowest BCUT2D eigenvalue weighted by atomic mass is 10.0. The smallest absolute Gasteiger partial charge is 0.338 e. The fourth-order valence-corrected chi connectivity index (χ4v) is 2.62. The van der Waals surface area contributed by atoms with Gasteiger partial charge in [0.15, 0.2) is 5.78 Å². The van der Waals surface area contributed by atoms with Crippen LogP contribution >= 0.6 is 0 Å². The molecule has 3 rings (SSSR count). The van der Waals surface area contributed by atoms with Gasteiger partial charge in [-0.2, -0.15) is 0 Å². The predicted octanol–water partition coefficient (Wildman–Crippen LogP) is 2.93. The maximum Gasteiger partial charge on any atom is 0.338 e. The topological polar surface area (TPSA) is 113 Å². The Morgan fingerprint density at radius 3 is 2.17 bits per heavy atom. The minimum absolute atomic E-state index is 0.164. The zero-order chi connectivity index (χ0) is 21.5. The van der Waals surface area contributed by atoms with Crippen LogP contribution in [0.4, 0.5) is 0 Å². The number of phenols is 1. The molecule has 3 aromatic carbocycles. The van der Waals surface area contributed by atoms with Crippen LogP contribution in [0.5, 0.6) is 17.2 Å². The molecule has 0 aliphatic carbocycles. The molecule has 30 heavy (non-hydrogen) atoms. The van der Waals surface area contributed by atoms with Crippen molar-refractivity contribution < 1.29 is 34.4 Å². The SMILES string of the molecule is O=C(OCC(O)CO)c1ccc(Oc2ccc(C(=O)c3ccccc3)c(O)c2)cc1. The number of esters is 1. The number of ether oxygens (including phenoxy) is 2. The summed E-state index contributed by atoms with van der Waals surface area (Å²) in [4.78, 5) is 24.4. The van der Waals surface area contributed by atoms with Crippen LogP contribution < -0.4 is 4.74 Å². The largest absolute Gasteiger partial charge is 0.507 e. The number of hydrogen-bond donors (Lipinski definition) is 3. The molecule has 0 aliphatic heterocycles. The van der Waals surface area contributed by atoms with Crippen LogP contribution in [0.3, 0.4) is 0 Å². The highest BCUT2D eigenvalue weighted by Gasteiger charge is 2.15. The van der Waals surface area contributed by atoms with Crippen molar-refractivity contribution in [3.05, 3.63) is 89.5 Å². The molecule has 0 spiro atoms. The number of carbonyl (C=O) groups is 2. The molecule has 0 heterocycles. The van der Waals surface area contributed by atoms with Crippen LogP contribution in [0.1, 0.15) is 26.3 Å². The molecule has 0 aromatic heterocycles. The Morgan fingerprint density at radius 2 is 1.53 bits per heavy atom. The average Bonchev–Trinajstić information content (AvgIpc) is 2.78. The number of benzene rings is 3. The second-order valence-corrected chi connectivity index (χ2v) is 6.44. The van der Waals surface area contributed by atoms with Crippen molar-refractivity contribution >= 4 is 11.8 Å². The highest BCUT2D eigenvalue weighted by Crippen LogP contribution is 2.29. The van der Waals surface area contributed by atoms with Gasteiger partial charge in [-0.3, -0.25) is 4.79 Å². The third-order valence-electron chi connectivity index (χ3n) is 4.19. The summed E-state index contributed by atoms with van der Waals surface area (Å²) in [6.07, 6.45) is -1.12. The van der Waals surface area contributed by atoms with E-state index in [2.05, 4.69) is 0 Å². The van der Waals surface area contributed by atoms with E-state index in [0.29, 0.717) is 17.1 Å². The van der Waals surface area contributed by atoms with Crippen molar-refractivity contribution in [1.82, 2.24) is 0 Å². The van der Waals surface area contributed by atoms with Gasteiger partial charge in [-0.05, 0) is 36.4 Å². The molecular formula is C23H20O7. The minimum Gasteiger partial charge on any atom is -0.507 e. The molecule has 0 amide bonds. The molecule has 0 aliphatic rings. The highest BCUT2D eigenvalue weighted by atomic mass is 16.5. The number of ketones is 1. The van der Waals surface area contributed by atoms with Crippen molar-refractivity contribution in [3.63, 3.8) is 0 Å². The number of aliphatic hydroxyl groups excluding tert-OH is 2. The monoisotopic (exact) mass is 408 g/mol. The fraction of sp³-hybridized carbons (Fsp3) is 0.130. The van der Waals surface area contributed by atoms with Crippen molar-refractivity contribution in [2.24, 2.45) is 0 Å². The zero-order valence-corrected chi connectivity index (χ0v) is 15.9. The van der Waals surface area contributed by atoms with Gasteiger partial charge in [-0.25, -0.2) is 4.79 Å². The molecule has 154 valence electrons. The Balaban J connectivity index is 1.66. The average molecular weight is 408 g/mol. The third kappa shape index (κ3) is 5.22. The second kappa shape index (κ2) is 9.69. The summed E-state index contributed by atoms with van der Waals surface area (Å²) in [5.41, 5.74) is 0.881. The molecule has 0 radical (unpaired) electrons. The van der Waals surface area contributed by atoms with E-state index in [1.807, 2.05) is 0 Å². The van der Waals surface area contributed by atoms with Crippen LogP contribution in [0.2, 0.25) is 0 Å². The Kier molecular flexibility index (Phi) is 6.79. The molecule has 0 saturated heterocycles. The Labute approximate surface area is 172 Å². The van der Waals surface area contributed by atoms with Crippen LogP contribution in [0, 0.1) is 0 Å². The van der Waals surface area contributed by atoms with Crippen molar-refractivity contribution in [2.45, 2.75) is 6.10 Å². The number of aliphatic hydroxyl groups is 2. The van der Waals surface area contributed by atoms with Gasteiger partial charge < -0.3 is 24.8 Å². The van der Waals surface area contributed by atoms with E-state index in [1.165, 1.54) is 24.3 Å². The first-order chi connectivity index (χ1) is 14.5. The number of phenolic OH excluding ortho intramolecular Hbond substituents is 1. The normalized spacial score (nSPS) is 11.5. The summed E-state index contributed by atoms with van der Waals surface area (Å²) in [6.45, 7) is -0.802. The van der Waals surface area contributed by atoms with E-state index in [0.717, 1.165) is 0 Å². The lowest BCUT2D eigenvalue weighted by Crippen LogP contribution is -2.21. The highest BCUT2D eigenvalue weighted by molar-refractivity contribution is 6.10. The maximum absolute atomic E-state index is 12.5. The summed E-state index contributed by atoms with van der Waals surface area (Å²) in [6, 6.07) is 19.1. The van der Waals surface area contributed by atoms with Crippen LogP contribution in [-0.2, 0) is 4.74 Å². The molecule has 0 bridgehead atoms. The first-order valence-corrected chi connectivity index (χ1v) is 9.14. The van der Waals surface area contributed by atoms with Crippen LogP contribution in [0.15, 0.2) is 72.8 Å². The molecule has 7 heteroatoms. The summed E-state index contributed by atoms with van der Waals surface area (Å²) < 4.78 is 10.5. The summed E-state index contributed by atoms with van der Waals surface area (Å²) in [5, 5.41) is 28.2. The molecule has 1 unspecified atom stereocenters. The van der Waals surface area contributed by atoms with Crippen molar-refractivity contribution in [3.8, 4) is 17.2 Å². The van der Waals surface area contributed by atoms with Gasteiger partial charge in [0.1, 0.15) is 30.0 Å². The standard InChI is InChI=1S/C23H20O7/c24-13-17(25)14-29-23(28)16-6-8-18(9-7-16)30-19-10-11-20(21(26)12-19)22(27)15-4-2-1-3-5-15/h1-12,17,24-26H,13-14H2. The van der Waals surface area contributed by atoms with Crippen molar-refractivity contribution in [2.75, 3.05) is 13.2 Å². The van der Waals surface area contributed by atoms with Gasteiger partial charge in [0.05, 0.1) is 17.7 Å². The zero-order valence-electron chi connectivity index (χ0n) is 15.9. The number of aromatic hydroxyl groups is 1. The fourth-order valence-electron chi connectivity index (χ4n) is 2.62. The molecule has 3 N–H and O–H groups in total. The minimum atomic E-state index is -1.12. The number of rotatable bonds is 8. The van der Waals surface area contributed by atoms with E-state index in [-0.39, 0.29) is 29.3 Å². The van der Waals surface area contributed by atoms with E-state index >= 15 is 0 Å². The lowest BCUT2D eigenvalue weighted by Gasteiger charge is -2.10. The van der Waals surface area contributed by atoms with Gasteiger partial charge in [-0.15, -0.1) is 0 Å². The molecular weight excluding hydrogens is 388 g/mol. The Hall–Kier alpha value is -3.68. The van der Waals surface area contributed by atoms with Crippen LogP contribution in [0.25, 0.3) is 0 Å². The van der Waals surface area contributed by atoms with Gasteiger partial charge in [0.2, 0.25) is 0 Å². The van der Waals surface area contributed by atoms with Gasteiger partial charge in [-0.1, -0.05) is 30.3 Å².